The Balaban J connectivity index is 3.11. The van der Waals surface area contributed by atoms with Gasteiger partial charge in [0.05, 0.1) is 0 Å². The zero-order valence-corrected chi connectivity index (χ0v) is 7.83. The Morgan fingerprint density at radius 3 is 2.31 bits per heavy atom. The molecule has 0 aromatic heterocycles. The van der Waals surface area contributed by atoms with E-state index in [0.29, 0.717) is 0 Å². The van der Waals surface area contributed by atoms with Crippen LogP contribution in [-0.4, -0.2) is 23.0 Å². The molecule has 0 bridgehead atoms. The lowest BCUT2D eigenvalue weighted by molar-refractivity contribution is -0.140. The zero-order valence-electron chi connectivity index (χ0n) is 7.83. The summed E-state index contributed by atoms with van der Waals surface area (Å²) in [5.41, 5.74) is -0.192. The summed E-state index contributed by atoms with van der Waals surface area (Å²) in [6.07, 6.45) is -0.761. The molecule has 0 aromatic carbocycles. The highest BCUT2D eigenvalue weighted by atomic mass is 16.6. The molecule has 1 fully saturated rings. The average Bonchev–Trinajstić information content (AvgIpc) is 2.26. The number of carbonyl (C=O) groups excluding carboxylic acids is 2. The minimum absolute atomic E-state index is 0.181. The molecular weight excluding hydrogens is 172 g/mol. The van der Waals surface area contributed by atoms with E-state index in [9.17, 15) is 14.7 Å². The monoisotopic (exact) mass is 184 g/mol. The summed E-state index contributed by atoms with van der Waals surface area (Å²) in [5, 5.41) is 9.44. The summed E-state index contributed by atoms with van der Waals surface area (Å²) in [6, 6.07) is 0. The van der Waals surface area contributed by atoms with Crippen LogP contribution in [0.15, 0.2) is 11.3 Å². The van der Waals surface area contributed by atoms with E-state index in [2.05, 4.69) is 4.74 Å². The molecule has 0 unspecified atom stereocenters. The fraction of sp³-hybridized carbons (Fsp3) is 0.556. The first kappa shape index (κ1) is 9.77. The van der Waals surface area contributed by atoms with Gasteiger partial charge in [-0.05, 0) is 6.92 Å². The van der Waals surface area contributed by atoms with Crippen LogP contribution in [0.1, 0.15) is 20.8 Å². The topological polar surface area (TPSA) is 63.6 Å². The first-order chi connectivity index (χ1) is 5.95. The molecular formula is C9H12O4. The molecule has 4 nitrogen and oxygen atoms in total. The third-order valence-corrected chi connectivity index (χ3v) is 1.91. The van der Waals surface area contributed by atoms with Gasteiger partial charge in [-0.3, -0.25) is 4.79 Å². The predicted molar refractivity (Wildman–Crippen MR) is 45.1 cm³/mol. The first-order valence-electron chi connectivity index (χ1n) is 4.13. The van der Waals surface area contributed by atoms with E-state index in [1.54, 1.807) is 13.8 Å². The van der Waals surface area contributed by atoms with Gasteiger partial charge in [-0.2, -0.15) is 0 Å². The fourth-order valence-electron chi connectivity index (χ4n) is 1.10. The highest BCUT2D eigenvalue weighted by Crippen LogP contribution is 2.22. The minimum atomic E-state index is -0.761. The molecule has 0 aromatic rings. The number of allylic oxidation sites excluding steroid dienone is 1. The van der Waals surface area contributed by atoms with Gasteiger partial charge >= 0.3 is 5.97 Å². The molecule has 1 aliphatic heterocycles. The molecule has 1 rings (SSSR count). The van der Waals surface area contributed by atoms with Gasteiger partial charge in [-0.15, -0.1) is 0 Å². The van der Waals surface area contributed by atoms with Crippen LogP contribution in [0.4, 0.5) is 0 Å². The van der Waals surface area contributed by atoms with Crippen LogP contribution in [0.2, 0.25) is 0 Å². The molecule has 0 amide bonds. The molecule has 1 aliphatic rings. The van der Waals surface area contributed by atoms with Crippen molar-refractivity contribution in [2.45, 2.75) is 26.9 Å². The quantitative estimate of drug-likeness (QED) is 0.285. The number of carbonyl (C=O) groups is 2. The standard InChI is InChI=1S/C9H12O4/c1-4(2)7(10)6-8(11)5(3)13-9(6)12/h4-5,10H,1-3H3/b7-6+/t5-/m0/s1. The number of rotatable bonds is 1. The molecule has 13 heavy (non-hydrogen) atoms. The third-order valence-electron chi connectivity index (χ3n) is 1.91. The molecule has 4 heteroatoms. The lowest BCUT2D eigenvalue weighted by Crippen LogP contribution is -2.13. The molecule has 1 heterocycles. The Kier molecular flexibility index (Phi) is 2.40. The van der Waals surface area contributed by atoms with E-state index in [4.69, 9.17) is 0 Å². The SMILES string of the molecule is CC(C)/C(O)=C1\C(=O)O[C@@H](C)C1=O. The van der Waals surface area contributed by atoms with Crippen LogP contribution in [0.5, 0.6) is 0 Å². The highest BCUT2D eigenvalue weighted by Gasteiger charge is 2.38. The molecule has 1 saturated heterocycles. The normalized spacial score (nSPS) is 26.6. The lowest BCUT2D eigenvalue weighted by atomic mass is 10.0. The summed E-state index contributed by atoms with van der Waals surface area (Å²) < 4.78 is 4.65. The van der Waals surface area contributed by atoms with Crippen molar-refractivity contribution in [2.75, 3.05) is 0 Å². The van der Waals surface area contributed by atoms with Gasteiger partial charge in [-0.25, -0.2) is 4.79 Å². The van der Waals surface area contributed by atoms with Crippen molar-refractivity contribution in [2.24, 2.45) is 5.92 Å². The maximum Gasteiger partial charge on any atom is 0.346 e. The van der Waals surface area contributed by atoms with E-state index in [0.717, 1.165) is 0 Å². The largest absolute Gasteiger partial charge is 0.511 e. The van der Waals surface area contributed by atoms with Crippen molar-refractivity contribution >= 4 is 11.8 Å². The van der Waals surface area contributed by atoms with Gasteiger partial charge in [0, 0.05) is 5.92 Å². The number of hydrogen-bond donors (Lipinski definition) is 1. The second-order valence-corrected chi connectivity index (χ2v) is 3.33. The van der Waals surface area contributed by atoms with Crippen molar-refractivity contribution < 1.29 is 19.4 Å². The molecule has 0 spiro atoms. The van der Waals surface area contributed by atoms with E-state index in [1.807, 2.05) is 0 Å². The summed E-state index contributed by atoms with van der Waals surface area (Å²) in [5.74, 6) is -1.57. The van der Waals surface area contributed by atoms with Crippen molar-refractivity contribution in [3.8, 4) is 0 Å². The Morgan fingerprint density at radius 2 is 2.00 bits per heavy atom. The van der Waals surface area contributed by atoms with Crippen molar-refractivity contribution in [3.05, 3.63) is 11.3 Å². The summed E-state index contributed by atoms with van der Waals surface area (Å²) in [7, 11) is 0. The Bertz CT molecular complexity index is 288. The van der Waals surface area contributed by atoms with Crippen LogP contribution >= 0.6 is 0 Å². The molecule has 72 valence electrons. The maximum absolute atomic E-state index is 11.3. The first-order valence-corrected chi connectivity index (χ1v) is 4.13. The van der Waals surface area contributed by atoms with Crippen molar-refractivity contribution in [3.63, 3.8) is 0 Å². The average molecular weight is 184 g/mol. The van der Waals surface area contributed by atoms with Gasteiger partial charge in [-0.1, -0.05) is 13.8 Å². The molecule has 1 N–H and O–H groups in total. The van der Waals surface area contributed by atoms with Crippen molar-refractivity contribution in [1.29, 1.82) is 0 Å². The molecule has 0 aliphatic carbocycles. The Morgan fingerprint density at radius 1 is 1.46 bits per heavy atom. The van der Waals surface area contributed by atoms with E-state index in [-0.39, 0.29) is 17.3 Å². The second-order valence-electron chi connectivity index (χ2n) is 3.33. The van der Waals surface area contributed by atoms with Crippen LogP contribution in [-0.2, 0) is 14.3 Å². The Labute approximate surface area is 76.2 Å². The number of ether oxygens (including phenoxy) is 1. The number of Topliss-reactive ketones (excluding diaryl/α,β-unsaturated/α-hetero) is 1. The van der Waals surface area contributed by atoms with E-state index < -0.39 is 17.9 Å². The summed E-state index contributed by atoms with van der Waals surface area (Å²) >= 11 is 0. The van der Waals surface area contributed by atoms with Crippen LogP contribution in [0.3, 0.4) is 0 Å². The molecule has 0 saturated carbocycles. The van der Waals surface area contributed by atoms with Gasteiger partial charge < -0.3 is 9.84 Å². The number of esters is 1. The number of hydrogen-bond acceptors (Lipinski definition) is 4. The third kappa shape index (κ3) is 1.56. The van der Waals surface area contributed by atoms with E-state index >= 15 is 0 Å². The van der Waals surface area contributed by atoms with Gasteiger partial charge in [0.2, 0.25) is 5.78 Å². The number of cyclic esters (lactones) is 1. The molecule has 0 radical (unpaired) electrons. The smallest absolute Gasteiger partial charge is 0.346 e. The number of aliphatic hydroxyl groups is 1. The second kappa shape index (κ2) is 3.20. The van der Waals surface area contributed by atoms with E-state index in [1.165, 1.54) is 6.92 Å². The highest BCUT2D eigenvalue weighted by molar-refractivity contribution is 6.23. The summed E-state index contributed by atoms with van der Waals surface area (Å²) in [4.78, 5) is 22.4. The Hall–Kier alpha value is -1.32. The van der Waals surface area contributed by atoms with Crippen molar-refractivity contribution in [1.82, 2.24) is 0 Å². The molecule has 1 atom stereocenters. The fourth-order valence-corrected chi connectivity index (χ4v) is 1.10. The van der Waals surface area contributed by atoms with Crippen LogP contribution in [0, 0.1) is 5.92 Å². The lowest BCUT2D eigenvalue weighted by Gasteiger charge is -2.03. The van der Waals surface area contributed by atoms with Gasteiger partial charge in [0.15, 0.2) is 6.10 Å². The summed E-state index contributed by atoms with van der Waals surface area (Å²) in [6.45, 7) is 4.89. The zero-order chi connectivity index (χ0) is 10.2. The number of aliphatic hydroxyl groups excluding tert-OH is 1. The van der Waals surface area contributed by atoms with Crippen LogP contribution in [0.25, 0.3) is 0 Å². The van der Waals surface area contributed by atoms with Gasteiger partial charge in [0.25, 0.3) is 0 Å². The van der Waals surface area contributed by atoms with Crippen LogP contribution < -0.4 is 0 Å². The van der Waals surface area contributed by atoms with Gasteiger partial charge in [0.1, 0.15) is 11.3 Å². The minimum Gasteiger partial charge on any atom is -0.511 e. The predicted octanol–water partition coefficient (Wildman–Crippen LogP) is 0.969. The number of ketones is 1. The maximum atomic E-state index is 11.3.